The molecule has 2 aromatic rings. The van der Waals surface area contributed by atoms with Crippen LogP contribution in [0.4, 0.5) is 4.53 Å². The van der Waals surface area contributed by atoms with Crippen LogP contribution in [0.2, 0.25) is 0 Å². The van der Waals surface area contributed by atoms with Crippen molar-refractivity contribution in [2.75, 3.05) is 20.3 Å². The molecule has 1 aromatic heterocycles. The number of carbonyl (C=O) groups excluding carboxylic acids is 2. The summed E-state index contributed by atoms with van der Waals surface area (Å²) in [5.74, 6) is -0.413. The number of halogens is 1. The summed E-state index contributed by atoms with van der Waals surface area (Å²) in [5.41, 5.74) is 6.93. The number of amides is 1. The highest BCUT2D eigenvalue weighted by molar-refractivity contribution is 5.89. The largest absolute Gasteiger partial charge is 0.493 e. The monoisotopic (exact) mass is 446 g/mol. The zero-order valence-electron chi connectivity index (χ0n) is 18.2. The van der Waals surface area contributed by atoms with E-state index in [2.05, 4.69) is 16.7 Å². The molecule has 9 heteroatoms. The molecule has 2 heterocycles. The number of benzene rings is 1. The number of rotatable bonds is 6. The number of aryl methyl sites for hydroxylation is 1. The van der Waals surface area contributed by atoms with E-state index in [0.717, 1.165) is 60.2 Å². The van der Waals surface area contributed by atoms with E-state index in [9.17, 15) is 14.1 Å². The van der Waals surface area contributed by atoms with Crippen LogP contribution in [0.25, 0.3) is 11.3 Å². The smallest absolute Gasteiger partial charge is 0.384 e. The van der Waals surface area contributed by atoms with Gasteiger partial charge in [-0.15, -0.1) is 0 Å². The number of nitrogens with two attached hydrogens (primary N) is 1. The fraction of sp³-hybridized carbons (Fsp3) is 0.435. The second kappa shape index (κ2) is 9.95. The van der Waals surface area contributed by atoms with Crippen LogP contribution >= 0.6 is 0 Å². The van der Waals surface area contributed by atoms with Crippen LogP contribution in [0.5, 0.6) is 5.75 Å². The van der Waals surface area contributed by atoms with Crippen molar-refractivity contribution in [1.82, 2.24) is 4.57 Å². The molecule has 8 nitrogen and oxygen atoms in total. The maximum Gasteiger partial charge on any atom is 0.384 e. The molecule has 0 atom stereocenters. The minimum Gasteiger partial charge on any atom is -0.493 e. The Labute approximate surface area is 185 Å². The Morgan fingerprint density at radius 2 is 2.00 bits per heavy atom. The molecule has 1 aromatic carbocycles. The number of pyridine rings is 1. The molecule has 4 rings (SSSR count). The van der Waals surface area contributed by atoms with Crippen molar-refractivity contribution in [2.24, 2.45) is 5.73 Å². The lowest BCUT2D eigenvalue weighted by Gasteiger charge is -2.48. The van der Waals surface area contributed by atoms with E-state index < -0.39 is 11.4 Å². The van der Waals surface area contributed by atoms with Crippen molar-refractivity contribution < 1.29 is 28.5 Å². The predicted octanol–water partition coefficient (Wildman–Crippen LogP) is 2.82. The average Bonchev–Trinajstić information content (AvgIpc) is 2.75. The molecule has 1 fully saturated rings. The van der Waals surface area contributed by atoms with Crippen molar-refractivity contribution in [3.05, 3.63) is 51.3 Å². The Kier molecular flexibility index (Phi) is 7.29. The second-order valence-electron chi connectivity index (χ2n) is 8.03. The van der Waals surface area contributed by atoms with Crippen molar-refractivity contribution in [3.8, 4) is 17.0 Å². The number of methoxy groups -OCH3 is 1. The summed E-state index contributed by atoms with van der Waals surface area (Å²) in [6.45, 7) is 3.19. The van der Waals surface area contributed by atoms with Gasteiger partial charge in [0.15, 0.2) is 5.43 Å². The summed E-state index contributed by atoms with van der Waals surface area (Å²) in [4.78, 5) is 36.0. The van der Waals surface area contributed by atoms with Crippen molar-refractivity contribution in [3.63, 3.8) is 0 Å². The minimum atomic E-state index is -1.25. The molecular weight excluding hydrogens is 419 g/mol. The van der Waals surface area contributed by atoms with Gasteiger partial charge in [-0.3, -0.25) is 9.59 Å². The average molecular weight is 446 g/mol. The summed E-state index contributed by atoms with van der Waals surface area (Å²) >= 11 is 0. The molecule has 32 heavy (non-hydrogen) atoms. The summed E-state index contributed by atoms with van der Waals surface area (Å²) in [6.07, 6.45) is 6.23. The molecular formula is C23H27FN2O6. The molecule has 0 saturated heterocycles. The van der Waals surface area contributed by atoms with Crippen LogP contribution < -0.4 is 15.9 Å². The molecule has 1 spiro atoms. The second-order valence-corrected chi connectivity index (χ2v) is 8.03. The highest BCUT2D eigenvalue weighted by Gasteiger charge is 2.43. The van der Waals surface area contributed by atoms with Crippen LogP contribution in [0.3, 0.4) is 0 Å². The quantitative estimate of drug-likeness (QED) is 0.540. The molecule has 1 amide bonds. The summed E-state index contributed by atoms with van der Waals surface area (Å²) < 4.78 is 25.4. The van der Waals surface area contributed by atoms with Gasteiger partial charge in [-0.1, -0.05) is 0 Å². The Morgan fingerprint density at radius 3 is 2.59 bits per heavy atom. The molecule has 172 valence electrons. The fourth-order valence-electron chi connectivity index (χ4n) is 4.43. The number of nitrogens with zero attached hydrogens (tertiary/aromatic N) is 1. The number of carbonyl (C=O) groups is 2. The summed E-state index contributed by atoms with van der Waals surface area (Å²) in [5, 5.41) is 0. The fourth-order valence-corrected chi connectivity index (χ4v) is 4.43. The third-order valence-corrected chi connectivity index (χ3v) is 6.08. The van der Waals surface area contributed by atoms with E-state index in [1.807, 2.05) is 17.6 Å². The lowest BCUT2D eigenvalue weighted by atomic mass is 9.69. The van der Waals surface area contributed by atoms with E-state index in [4.69, 9.17) is 14.3 Å². The van der Waals surface area contributed by atoms with E-state index in [0.29, 0.717) is 13.2 Å². The van der Waals surface area contributed by atoms with Crippen molar-refractivity contribution >= 4 is 12.4 Å². The van der Waals surface area contributed by atoms with E-state index in [-0.39, 0.29) is 17.5 Å². The van der Waals surface area contributed by atoms with Gasteiger partial charge in [0.25, 0.3) is 0 Å². The van der Waals surface area contributed by atoms with E-state index in [1.165, 1.54) is 12.3 Å². The highest BCUT2D eigenvalue weighted by Crippen LogP contribution is 2.49. The molecule has 2 N–H and O–H groups in total. The third kappa shape index (κ3) is 4.38. The Bertz CT molecular complexity index is 1060. The first-order valence-electron chi connectivity index (χ1n) is 10.4. The molecule has 0 bridgehead atoms. The molecule has 2 aliphatic rings. The molecule has 1 aliphatic carbocycles. The van der Waals surface area contributed by atoms with Gasteiger partial charge >= 0.3 is 5.97 Å². The van der Waals surface area contributed by atoms with Gasteiger partial charge in [-0.2, -0.15) is 0 Å². The van der Waals surface area contributed by atoms with Gasteiger partial charge in [0, 0.05) is 48.0 Å². The number of hydrogen-bond donors (Lipinski definition) is 1. The number of hydrogen-bond acceptors (Lipinski definition) is 6. The van der Waals surface area contributed by atoms with Gasteiger partial charge in [-0.25, -0.2) is 9.74 Å². The van der Waals surface area contributed by atoms with E-state index in [1.54, 1.807) is 7.11 Å². The van der Waals surface area contributed by atoms with Crippen LogP contribution in [-0.4, -0.2) is 37.3 Å². The normalized spacial score (nSPS) is 14.8. The maximum atomic E-state index is 12.5. The maximum absolute atomic E-state index is 12.5. The predicted molar refractivity (Wildman–Crippen MR) is 115 cm³/mol. The van der Waals surface area contributed by atoms with Gasteiger partial charge in [-0.05, 0) is 55.9 Å². The van der Waals surface area contributed by atoms with Crippen molar-refractivity contribution in [1.29, 1.82) is 0 Å². The Hall–Kier alpha value is -3.20. The Morgan fingerprint density at radius 1 is 1.28 bits per heavy atom. The SMILES string of the molecule is COCCCOc1cc2c(cc1C)-c1cc(=O)c(C(=O)OF)cn1C1(CCC1)C2.NC=O. The lowest BCUT2D eigenvalue weighted by molar-refractivity contribution is -0.106. The first-order chi connectivity index (χ1) is 15.4. The molecule has 0 radical (unpaired) electrons. The third-order valence-electron chi connectivity index (χ3n) is 6.08. The van der Waals surface area contributed by atoms with Gasteiger partial charge in [0.2, 0.25) is 6.41 Å². The topological polar surface area (TPSA) is 110 Å². The minimum absolute atomic E-state index is 0.204. The number of ether oxygens (including phenoxy) is 2. The van der Waals surface area contributed by atoms with Crippen molar-refractivity contribution in [2.45, 2.75) is 44.6 Å². The zero-order valence-corrected chi connectivity index (χ0v) is 18.2. The van der Waals surface area contributed by atoms with E-state index >= 15 is 0 Å². The Balaban J connectivity index is 0.000000913. The number of fused-ring (bicyclic) bond motifs is 4. The van der Waals surface area contributed by atoms with Gasteiger partial charge < -0.3 is 19.8 Å². The van der Waals surface area contributed by atoms with Crippen LogP contribution in [0.1, 0.15) is 47.2 Å². The van der Waals surface area contributed by atoms with Crippen LogP contribution in [0.15, 0.2) is 29.2 Å². The van der Waals surface area contributed by atoms with Gasteiger partial charge in [0.1, 0.15) is 11.3 Å². The first-order valence-corrected chi connectivity index (χ1v) is 10.4. The number of primary amides is 1. The van der Waals surface area contributed by atoms with Crippen LogP contribution in [0, 0.1) is 6.92 Å². The molecule has 1 aliphatic heterocycles. The standard InChI is InChI=1S/C22H24FNO5.CH3NO/c1-14-9-16-15(10-20(14)28-8-4-7-27-2)12-22(5-3-6-22)24-13-17(21(26)29-23)19(25)11-18(16)24;2-1-3/h9-11,13H,3-8,12H2,1-2H3;1H,(H2,2,3). The first kappa shape index (κ1) is 23.5. The number of aromatic nitrogens is 1. The molecule has 0 unspecified atom stereocenters. The highest BCUT2D eigenvalue weighted by atomic mass is 19.3. The molecule has 1 saturated carbocycles. The summed E-state index contributed by atoms with van der Waals surface area (Å²) in [6, 6.07) is 5.50. The lowest BCUT2D eigenvalue weighted by Crippen LogP contribution is -2.46. The van der Waals surface area contributed by atoms with Crippen LogP contribution in [-0.2, 0) is 26.4 Å². The summed E-state index contributed by atoms with van der Waals surface area (Å²) in [7, 11) is 1.67. The van der Waals surface area contributed by atoms with Gasteiger partial charge in [0.05, 0.1) is 12.3 Å². The zero-order chi connectivity index (χ0) is 23.3.